The molecule has 0 aliphatic heterocycles. The van der Waals surface area contributed by atoms with Gasteiger partial charge in [-0.1, -0.05) is 30.3 Å². The van der Waals surface area contributed by atoms with Gasteiger partial charge in [-0.2, -0.15) is 0 Å². The fraction of sp³-hybridized carbons (Fsp3) is 0.500. The summed E-state index contributed by atoms with van der Waals surface area (Å²) in [6.07, 6.45) is 9.18. The molecule has 1 amide bonds. The number of carbonyl (C=O) groups is 1. The van der Waals surface area contributed by atoms with Crippen molar-refractivity contribution in [3.63, 3.8) is 0 Å². The van der Waals surface area contributed by atoms with E-state index in [4.69, 9.17) is 0 Å². The van der Waals surface area contributed by atoms with Crippen molar-refractivity contribution in [1.29, 1.82) is 0 Å². The summed E-state index contributed by atoms with van der Waals surface area (Å²) in [6, 6.07) is 17.3. The van der Waals surface area contributed by atoms with E-state index in [9.17, 15) is 13.2 Å². The van der Waals surface area contributed by atoms with Crippen molar-refractivity contribution in [2.45, 2.75) is 43.9 Å². The molecule has 5 nitrogen and oxygen atoms in total. The first-order chi connectivity index (χ1) is 15.2. The SMILES string of the molecule is CN(C(=O)CN(c1ccc(C23CC4CC(CC(C4)C2)C3)cc1)S(C)(=O)=O)c1ccccc1. The zero-order chi connectivity index (χ0) is 22.5. The molecule has 0 atom stereocenters. The molecule has 2 aromatic carbocycles. The Labute approximate surface area is 191 Å². The van der Waals surface area contributed by atoms with Crippen molar-refractivity contribution in [3.05, 3.63) is 60.2 Å². The zero-order valence-electron chi connectivity index (χ0n) is 18.9. The highest BCUT2D eigenvalue weighted by molar-refractivity contribution is 7.92. The van der Waals surface area contributed by atoms with Crippen molar-refractivity contribution in [1.82, 2.24) is 0 Å². The largest absolute Gasteiger partial charge is 0.314 e. The predicted octanol–water partition coefficient (Wildman–Crippen LogP) is 4.58. The Morgan fingerprint density at radius 1 is 0.875 bits per heavy atom. The number of likely N-dealkylation sites (N-methyl/N-ethyl adjacent to an activating group) is 1. The third kappa shape index (κ3) is 3.94. The molecule has 0 unspecified atom stereocenters. The smallest absolute Gasteiger partial charge is 0.247 e. The van der Waals surface area contributed by atoms with E-state index < -0.39 is 10.0 Å². The Balaban J connectivity index is 1.37. The number of para-hydroxylation sites is 1. The monoisotopic (exact) mass is 452 g/mol. The molecule has 4 aliphatic rings. The fourth-order valence-electron chi connectivity index (χ4n) is 6.87. The molecule has 0 N–H and O–H groups in total. The van der Waals surface area contributed by atoms with Crippen LogP contribution in [0.4, 0.5) is 11.4 Å². The predicted molar refractivity (Wildman–Crippen MR) is 128 cm³/mol. The summed E-state index contributed by atoms with van der Waals surface area (Å²) in [4.78, 5) is 14.4. The first kappa shape index (κ1) is 21.5. The van der Waals surface area contributed by atoms with Crippen LogP contribution in [0.3, 0.4) is 0 Å². The highest BCUT2D eigenvalue weighted by Crippen LogP contribution is 2.60. The maximum Gasteiger partial charge on any atom is 0.247 e. The number of anilines is 2. The Kier molecular flexibility index (Phi) is 5.31. The number of carbonyl (C=O) groups excluding carboxylic acids is 1. The summed E-state index contributed by atoms with van der Waals surface area (Å²) in [5, 5.41) is 0. The molecule has 32 heavy (non-hydrogen) atoms. The van der Waals surface area contributed by atoms with E-state index in [1.165, 1.54) is 53.3 Å². The van der Waals surface area contributed by atoms with Crippen LogP contribution in [0.25, 0.3) is 0 Å². The summed E-state index contributed by atoms with van der Waals surface area (Å²) < 4.78 is 26.4. The van der Waals surface area contributed by atoms with Gasteiger partial charge >= 0.3 is 0 Å². The molecule has 170 valence electrons. The lowest BCUT2D eigenvalue weighted by molar-refractivity contribution is -0.116. The Morgan fingerprint density at radius 2 is 1.41 bits per heavy atom. The van der Waals surface area contributed by atoms with Gasteiger partial charge in [0.15, 0.2) is 0 Å². The van der Waals surface area contributed by atoms with Gasteiger partial charge in [0.05, 0.1) is 11.9 Å². The molecule has 2 aromatic rings. The third-order valence-corrected chi connectivity index (χ3v) is 9.14. The number of benzene rings is 2. The van der Waals surface area contributed by atoms with Crippen LogP contribution in [0.5, 0.6) is 0 Å². The number of hydrogen-bond donors (Lipinski definition) is 0. The average molecular weight is 453 g/mol. The van der Waals surface area contributed by atoms with Gasteiger partial charge < -0.3 is 4.90 Å². The van der Waals surface area contributed by atoms with Crippen LogP contribution in [0.2, 0.25) is 0 Å². The zero-order valence-corrected chi connectivity index (χ0v) is 19.7. The molecule has 0 spiro atoms. The van der Waals surface area contributed by atoms with Gasteiger partial charge in [0.2, 0.25) is 15.9 Å². The lowest BCUT2D eigenvalue weighted by atomic mass is 9.48. The van der Waals surface area contributed by atoms with Crippen LogP contribution in [-0.2, 0) is 20.2 Å². The van der Waals surface area contributed by atoms with E-state index in [1.54, 1.807) is 7.05 Å². The highest BCUT2D eigenvalue weighted by Gasteiger charge is 2.51. The molecule has 0 aromatic heterocycles. The molecule has 0 saturated heterocycles. The standard InChI is InChI=1S/C26H32N2O3S/c1-27(23-6-4-3-5-7-23)25(29)18-28(32(2,30)31)24-10-8-22(9-11-24)26-15-19-12-20(16-26)14-21(13-19)17-26/h3-11,19-21H,12-18H2,1-2H3. The minimum atomic E-state index is -3.60. The van der Waals surface area contributed by atoms with E-state index >= 15 is 0 Å². The maximum absolute atomic E-state index is 12.9. The van der Waals surface area contributed by atoms with Gasteiger partial charge in [-0.05, 0) is 91.5 Å². The van der Waals surface area contributed by atoms with E-state index in [0.29, 0.717) is 5.69 Å². The highest BCUT2D eigenvalue weighted by atomic mass is 32.2. The summed E-state index contributed by atoms with van der Waals surface area (Å²) in [6.45, 7) is -0.221. The van der Waals surface area contributed by atoms with Crippen LogP contribution >= 0.6 is 0 Å². The topological polar surface area (TPSA) is 57.7 Å². The second-order valence-corrected chi connectivity index (χ2v) is 12.2. The van der Waals surface area contributed by atoms with E-state index in [-0.39, 0.29) is 17.9 Å². The number of amides is 1. The number of rotatable bonds is 6. The normalized spacial score (nSPS) is 28.5. The van der Waals surface area contributed by atoms with Crippen LogP contribution < -0.4 is 9.21 Å². The molecule has 4 fully saturated rings. The summed E-state index contributed by atoms with van der Waals surface area (Å²) in [5.74, 6) is 2.31. The lowest BCUT2D eigenvalue weighted by Gasteiger charge is -2.57. The maximum atomic E-state index is 12.9. The fourth-order valence-corrected chi connectivity index (χ4v) is 7.72. The summed E-state index contributed by atoms with van der Waals surface area (Å²) in [5.41, 5.74) is 2.91. The second-order valence-electron chi connectivity index (χ2n) is 10.3. The minimum Gasteiger partial charge on any atom is -0.314 e. The number of nitrogens with zero attached hydrogens (tertiary/aromatic N) is 2. The number of sulfonamides is 1. The van der Waals surface area contributed by atoms with Gasteiger partial charge in [-0.25, -0.2) is 8.42 Å². The van der Waals surface area contributed by atoms with Crippen molar-refractivity contribution in [3.8, 4) is 0 Å². The van der Waals surface area contributed by atoms with E-state index in [0.717, 1.165) is 29.7 Å². The van der Waals surface area contributed by atoms with Gasteiger partial charge in [0.1, 0.15) is 6.54 Å². The third-order valence-electron chi connectivity index (χ3n) is 8.00. The first-order valence-electron chi connectivity index (χ1n) is 11.6. The van der Waals surface area contributed by atoms with Gasteiger partial charge in [-0.3, -0.25) is 9.10 Å². The molecule has 0 radical (unpaired) electrons. The van der Waals surface area contributed by atoms with E-state index in [2.05, 4.69) is 12.1 Å². The summed E-state index contributed by atoms with van der Waals surface area (Å²) >= 11 is 0. The Morgan fingerprint density at radius 3 is 1.91 bits per heavy atom. The van der Waals surface area contributed by atoms with Crippen molar-refractivity contribution in [2.75, 3.05) is 29.1 Å². The van der Waals surface area contributed by atoms with Crippen molar-refractivity contribution >= 4 is 27.3 Å². The molecule has 4 saturated carbocycles. The Hall–Kier alpha value is -2.34. The first-order valence-corrected chi connectivity index (χ1v) is 13.5. The molecule has 6 rings (SSSR count). The van der Waals surface area contributed by atoms with Gasteiger partial charge in [0, 0.05) is 12.7 Å². The van der Waals surface area contributed by atoms with Crippen LogP contribution in [0, 0.1) is 17.8 Å². The molecular formula is C26H32N2O3S. The average Bonchev–Trinajstić information content (AvgIpc) is 2.76. The van der Waals surface area contributed by atoms with Crippen molar-refractivity contribution in [2.24, 2.45) is 17.8 Å². The summed E-state index contributed by atoms with van der Waals surface area (Å²) in [7, 11) is -1.93. The Bertz CT molecular complexity index is 1060. The quantitative estimate of drug-likeness (QED) is 0.644. The van der Waals surface area contributed by atoms with Crippen molar-refractivity contribution < 1.29 is 13.2 Å². The lowest BCUT2D eigenvalue weighted by Crippen LogP contribution is -2.48. The molecule has 4 aliphatic carbocycles. The molecule has 4 bridgehead atoms. The molecular weight excluding hydrogens is 420 g/mol. The van der Waals surface area contributed by atoms with Gasteiger partial charge in [-0.15, -0.1) is 0 Å². The molecule has 0 heterocycles. The van der Waals surface area contributed by atoms with Crippen LogP contribution in [0.15, 0.2) is 54.6 Å². The minimum absolute atomic E-state index is 0.221. The van der Waals surface area contributed by atoms with Crippen LogP contribution in [-0.4, -0.2) is 34.2 Å². The van der Waals surface area contributed by atoms with Gasteiger partial charge in [0.25, 0.3) is 0 Å². The van der Waals surface area contributed by atoms with Crippen LogP contribution in [0.1, 0.15) is 44.1 Å². The molecule has 6 heteroatoms. The second kappa shape index (κ2) is 7.91. The van der Waals surface area contributed by atoms with E-state index in [1.807, 2.05) is 42.5 Å². The number of hydrogen-bond acceptors (Lipinski definition) is 3.